The van der Waals surface area contributed by atoms with Crippen LogP contribution in [0.4, 0.5) is 0 Å². The van der Waals surface area contributed by atoms with E-state index in [4.69, 9.17) is 22.1 Å². The van der Waals surface area contributed by atoms with Crippen LogP contribution in [0.15, 0.2) is 12.1 Å². The summed E-state index contributed by atoms with van der Waals surface area (Å²) in [5, 5.41) is 0.683. The summed E-state index contributed by atoms with van der Waals surface area (Å²) in [6.45, 7) is 5.04. The molecule has 90 valence electrons. The van der Waals surface area contributed by atoms with Gasteiger partial charge in [0.05, 0.1) is 12.1 Å². The van der Waals surface area contributed by atoms with Crippen molar-refractivity contribution in [2.24, 2.45) is 11.7 Å². The Morgan fingerprint density at radius 3 is 2.69 bits per heavy atom. The van der Waals surface area contributed by atoms with E-state index in [0.717, 1.165) is 25.1 Å². The lowest BCUT2D eigenvalue weighted by molar-refractivity contribution is 0.414. The fourth-order valence-corrected chi connectivity index (χ4v) is 2.10. The first kappa shape index (κ1) is 13.3. The molecule has 1 atom stereocenters. The number of nitrogens with two attached hydrogens (primary N) is 1. The van der Waals surface area contributed by atoms with Crippen LogP contribution in [0.2, 0.25) is 5.02 Å². The molecule has 1 unspecified atom stereocenters. The number of rotatable bonds is 5. The molecule has 3 heteroatoms. The lowest BCUT2D eigenvalue weighted by atomic mass is 9.95. The van der Waals surface area contributed by atoms with Crippen LogP contribution in [-0.4, -0.2) is 13.7 Å². The topological polar surface area (TPSA) is 35.2 Å². The lowest BCUT2D eigenvalue weighted by Gasteiger charge is -2.14. The minimum atomic E-state index is 0.591. The van der Waals surface area contributed by atoms with Crippen LogP contribution < -0.4 is 10.5 Å². The molecule has 0 fully saturated rings. The van der Waals surface area contributed by atoms with E-state index < -0.39 is 0 Å². The van der Waals surface area contributed by atoms with Gasteiger partial charge in [0.25, 0.3) is 0 Å². The minimum Gasteiger partial charge on any atom is -0.495 e. The molecular weight excluding hydrogens is 222 g/mol. The molecule has 0 saturated carbocycles. The number of hydrogen-bond acceptors (Lipinski definition) is 2. The fourth-order valence-electron chi connectivity index (χ4n) is 1.83. The Hall–Kier alpha value is -0.730. The summed E-state index contributed by atoms with van der Waals surface area (Å²) in [7, 11) is 1.64. The highest BCUT2D eigenvalue weighted by molar-refractivity contribution is 6.32. The Morgan fingerprint density at radius 2 is 2.12 bits per heavy atom. The Morgan fingerprint density at radius 1 is 1.44 bits per heavy atom. The van der Waals surface area contributed by atoms with Crippen molar-refractivity contribution in [3.8, 4) is 5.75 Å². The largest absolute Gasteiger partial charge is 0.495 e. The molecule has 1 aromatic rings. The maximum atomic E-state index is 6.11. The molecule has 0 amide bonds. The third-order valence-electron chi connectivity index (χ3n) is 2.84. The van der Waals surface area contributed by atoms with Crippen LogP contribution in [0.3, 0.4) is 0 Å². The fraction of sp³-hybridized carbons (Fsp3) is 0.538. The molecule has 16 heavy (non-hydrogen) atoms. The zero-order chi connectivity index (χ0) is 12.1. The third-order valence-corrected chi connectivity index (χ3v) is 3.13. The molecule has 1 rings (SSSR count). The van der Waals surface area contributed by atoms with Crippen LogP contribution in [-0.2, 0) is 6.42 Å². The van der Waals surface area contributed by atoms with Gasteiger partial charge in [-0.3, -0.25) is 0 Å². The second-order valence-electron chi connectivity index (χ2n) is 4.30. The van der Waals surface area contributed by atoms with Crippen molar-refractivity contribution in [2.45, 2.75) is 26.7 Å². The summed E-state index contributed by atoms with van der Waals surface area (Å²) in [6, 6.07) is 4.00. The standard InChI is InChI=1S/C13H20ClNO/c1-9(4-5-15)6-11-8-12(14)13(16-3)7-10(11)2/h7-9H,4-6,15H2,1-3H3. The number of benzene rings is 1. The normalized spacial score (nSPS) is 12.6. The Labute approximate surface area is 103 Å². The number of ether oxygens (including phenoxy) is 1. The van der Waals surface area contributed by atoms with Crippen LogP contribution in [0.5, 0.6) is 5.75 Å². The quantitative estimate of drug-likeness (QED) is 0.860. The zero-order valence-electron chi connectivity index (χ0n) is 10.2. The summed E-state index contributed by atoms with van der Waals surface area (Å²) in [4.78, 5) is 0. The van der Waals surface area contributed by atoms with Gasteiger partial charge in [-0.05, 0) is 55.5 Å². The van der Waals surface area contributed by atoms with Gasteiger partial charge in [-0.2, -0.15) is 0 Å². The van der Waals surface area contributed by atoms with Crippen LogP contribution >= 0.6 is 11.6 Å². The van der Waals surface area contributed by atoms with E-state index in [1.807, 2.05) is 12.1 Å². The molecule has 0 heterocycles. The van der Waals surface area contributed by atoms with E-state index in [9.17, 15) is 0 Å². The van der Waals surface area contributed by atoms with Crippen LogP contribution in [0, 0.1) is 12.8 Å². The molecule has 0 aliphatic carbocycles. The van der Waals surface area contributed by atoms with Gasteiger partial charge in [0.1, 0.15) is 5.75 Å². The number of hydrogen-bond donors (Lipinski definition) is 1. The van der Waals surface area contributed by atoms with Crippen LogP contribution in [0.1, 0.15) is 24.5 Å². The summed E-state index contributed by atoms with van der Waals surface area (Å²) < 4.78 is 5.18. The summed E-state index contributed by atoms with van der Waals surface area (Å²) in [6.07, 6.45) is 2.07. The van der Waals surface area contributed by atoms with Gasteiger partial charge >= 0.3 is 0 Å². The minimum absolute atomic E-state index is 0.591. The lowest BCUT2D eigenvalue weighted by Crippen LogP contribution is -2.08. The molecule has 1 aromatic carbocycles. The maximum absolute atomic E-state index is 6.11. The summed E-state index contributed by atoms with van der Waals surface area (Å²) in [5.74, 6) is 1.34. The van der Waals surface area contributed by atoms with E-state index in [1.54, 1.807) is 7.11 Å². The molecule has 0 radical (unpaired) electrons. The van der Waals surface area contributed by atoms with E-state index >= 15 is 0 Å². The second-order valence-corrected chi connectivity index (χ2v) is 4.71. The van der Waals surface area contributed by atoms with E-state index in [0.29, 0.717) is 10.9 Å². The summed E-state index contributed by atoms with van der Waals surface area (Å²) >= 11 is 6.11. The number of halogens is 1. The smallest absolute Gasteiger partial charge is 0.137 e. The molecular formula is C13H20ClNO. The molecule has 2 N–H and O–H groups in total. The van der Waals surface area contributed by atoms with Gasteiger partial charge in [0, 0.05) is 0 Å². The van der Waals surface area contributed by atoms with Gasteiger partial charge in [0.15, 0.2) is 0 Å². The van der Waals surface area contributed by atoms with Crippen LogP contribution in [0.25, 0.3) is 0 Å². The van der Waals surface area contributed by atoms with Gasteiger partial charge in [-0.25, -0.2) is 0 Å². The molecule has 0 saturated heterocycles. The molecule has 0 aliphatic heterocycles. The number of aryl methyl sites for hydroxylation is 1. The van der Waals surface area contributed by atoms with Crippen molar-refractivity contribution in [2.75, 3.05) is 13.7 Å². The van der Waals surface area contributed by atoms with Gasteiger partial charge in [-0.15, -0.1) is 0 Å². The van der Waals surface area contributed by atoms with Crippen molar-refractivity contribution in [3.05, 3.63) is 28.3 Å². The Kier molecular flexibility index (Phi) is 5.10. The van der Waals surface area contributed by atoms with Crippen molar-refractivity contribution in [1.82, 2.24) is 0 Å². The molecule has 0 spiro atoms. The third kappa shape index (κ3) is 3.39. The van der Waals surface area contributed by atoms with Gasteiger partial charge in [-0.1, -0.05) is 18.5 Å². The van der Waals surface area contributed by atoms with Gasteiger partial charge < -0.3 is 10.5 Å². The highest BCUT2D eigenvalue weighted by Gasteiger charge is 2.09. The predicted octanol–water partition coefficient (Wildman–Crippen LogP) is 3.18. The Balaban J connectivity index is 2.85. The van der Waals surface area contributed by atoms with E-state index in [-0.39, 0.29) is 0 Å². The van der Waals surface area contributed by atoms with Crippen molar-refractivity contribution in [1.29, 1.82) is 0 Å². The SMILES string of the molecule is COc1cc(C)c(CC(C)CCN)cc1Cl. The predicted molar refractivity (Wildman–Crippen MR) is 69.3 cm³/mol. The van der Waals surface area contributed by atoms with Crippen molar-refractivity contribution in [3.63, 3.8) is 0 Å². The van der Waals surface area contributed by atoms with Gasteiger partial charge in [0.2, 0.25) is 0 Å². The first-order chi connectivity index (χ1) is 7.58. The molecule has 2 nitrogen and oxygen atoms in total. The summed E-state index contributed by atoms with van der Waals surface area (Å²) in [5.41, 5.74) is 8.06. The molecule has 0 aliphatic rings. The van der Waals surface area contributed by atoms with Crippen molar-refractivity contribution < 1.29 is 4.74 Å². The van der Waals surface area contributed by atoms with E-state index in [1.165, 1.54) is 11.1 Å². The zero-order valence-corrected chi connectivity index (χ0v) is 11.0. The first-order valence-corrected chi connectivity index (χ1v) is 5.99. The molecule has 0 aromatic heterocycles. The van der Waals surface area contributed by atoms with E-state index in [2.05, 4.69) is 13.8 Å². The highest BCUT2D eigenvalue weighted by Crippen LogP contribution is 2.29. The first-order valence-electron chi connectivity index (χ1n) is 5.61. The average molecular weight is 242 g/mol. The second kappa shape index (κ2) is 6.12. The monoisotopic (exact) mass is 241 g/mol. The average Bonchev–Trinajstić information content (AvgIpc) is 2.23. The van der Waals surface area contributed by atoms with Crippen molar-refractivity contribution >= 4 is 11.6 Å². The highest BCUT2D eigenvalue weighted by atomic mass is 35.5. The Bertz CT molecular complexity index is 352. The maximum Gasteiger partial charge on any atom is 0.137 e. The molecule has 0 bridgehead atoms. The number of methoxy groups -OCH3 is 1.